The minimum absolute atomic E-state index is 1.12. The SMILES string of the molecule is c1ccc(N(c2ccccc2)c2ccc3c(c2)c2cc(-c4ccc5c(c4)-c4cccc6cccc(c46)S5)ccc2n3-c2ccccc2)cc1. The third kappa shape index (κ3) is 4.58. The Hall–Kier alpha value is -6.03. The van der Waals surface area contributed by atoms with Gasteiger partial charge in [-0.1, -0.05) is 109 Å². The van der Waals surface area contributed by atoms with E-state index in [-0.39, 0.29) is 0 Å². The molecule has 0 saturated carbocycles. The van der Waals surface area contributed by atoms with Crippen LogP contribution in [0.1, 0.15) is 0 Å². The van der Waals surface area contributed by atoms with Crippen molar-refractivity contribution in [3.8, 4) is 27.9 Å². The first-order chi connectivity index (χ1) is 24.3. The normalized spacial score (nSPS) is 12.0. The van der Waals surface area contributed by atoms with Crippen LogP contribution in [0, 0.1) is 0 Å². The number of fused-ring (bicyclic) bond motifs is 5. The molecule has 1 aromatic heterocycles. The molecule has 9 aromatic rings. The molecule has 0 unspecified atom stereocenters. The number of nitrogens with zero attached hydrogens (tertiary/aromatic N) is 2. The summed E-state index contributed by atoms with van der Waals surface area (Å²) >= 11 is 1.88. The van der Waals surface area contributed by atoms with Gasteiger partial charge in [-0.25, -0.2) is 0 Å². The molecule has 0 radical (unpaired) electrons. The first kappa shape index (κ1) is 28.0. The molecular formula is C46H30N2S. The Kier molecular flexibility index (Phi) is 6.46. The molecule has 2 nitrogen and oxygen atoms in total. The number of rotatable bonds is 5. The third-order valence-corrected chi connectivity index (χ3v) is 10.9. The van der Waals surface area contributed by atoms with Crippen molar-refractivity contribution >= 4 is 61.4 Å². The Bertz CT molecular complexity index is 2630. The van der Waals surface area contributed by atoms with Gasteiger partial charge in [0.25, 0.3) is 0 Å². The molecule has 1 aliphatic heterocycles. The summed E-state index contributed by atoms with van der Waals surface area (Å²) in [6, 6.07) is 66.1. The fourth-order valence-electron chi connectivity index (χ4n) is 7.53. The van der Waals surface area contributed by atoms with E-state index in [0.29, 0.717) is 0 Å². The summed E-state index contributed by atoms with van der Waals surface area (Å²) in [5.74, 6) is 0. The molecule has 3 heteroatoms. The number of anilines is 3. The van der Waals surface area contributed by atoms with Crippen molar-refractivity contribution in [3.63, 3.8) is 0 Å². The summed E-state index contributed by atoms with van der Waals surface area (Å²) < 4.78 is 2.40. The van der Waals surface area contributed by atoms with Gasteiger partial charge < -0.3 is 9.47 Å². The number of hydrogen-bond acceptors (Lipinski definition) is 2. The standard InChI is InChI=1S/C46H30N2S/c1-4-14-34(15-5-1)47(35-16-6-2-7-17-35)37-24-26-43-40(30-37)39-28-32(22-25-42(39)48(43)36-18-8-3-9-19-36)33-23-27-44-41(29-33)38-20-10-12-31-13-11-21-45(49-44)46(31)38/h1-30H. The molecule has 49 heavy (non-hydrogen) atoms. The van der Waals surface area contributed by atoms with Crippen LogP contribution < -0.4 is 4.90 Å². The van der Waals surface area contributed by atoms with E-state index in [1.165, 1.54) is 64.6 Å². The molecule has 0 aliphatic carbocycles. The van der Waals surface area contributed by atoms with Gasteiger partial charge in [0.05, 0.1) is 11.0 Å². The summed E-state index contributed by atoms with van der Waals surface area (Å²) in [5.41, 5.74) is 12.0. The van der Waals surface area contributed by atoms with E-state index in [2.05, 4.69) is 191 Å². The quantitative estimate of drug-likeness (QED) is 0.185. The van der Waals surface area contributed by atoms with Gasteiger partial charge in [-0.3, -0.25) is 0 Å². The minimum atomic E-state index is 1.12. The molecule has 0 saturated heterocycles. The Morgan fingerprint density at radius 2 is 1.02 bits per heavy atom. The Labute approximate surface area is 289 Å². The van der Waals surface area contributed by atoms with E-state index in [0.717, 1.165) is 22.7 Å². The van der Waals surface area contributed by atoms with E-state index in [1.54, 1.807) is 0 Å². The third-order valence-electron chi connectivity index (χ3n) is 9.74. The zero-order valence-electron chi connectivity index (χ0n) is 26.6. The average molecular weight is 643 g/mol. The predicted octanol–water partition coefficient (Wildman–Crippen LogP) is 13.2. The summed E-state index contributed by atoms with van der Waals surface area (Å²) in [6.45, 7) is 0. The van der Waals surface area contributed by atoms with Crippen LogP contribution in [0.2, 0.25) is 0 Å². The van der Waals surface area contributed by atoms with Crippen molar-refractivity contribution in [1.29, 1.82) is 0 Å². The van der Waals surface area contributed by atoms with E-state index < -0.39 is 0 Å². The van der Waals surface area contributed by atoms with Gasteiger partial charge in [0.15, 0.2) is 0 Å². The second-order valence-corrected chi connectivity index (χ2v) is 13.7. The molecule has 230 valence electrons. The molecule has 0 amide bonds. The molecule has 0 bridgehead atoms. The number of aromatic nitrogens is 1. The van der Waals surface area contributed by atoms with Crippen molar-refractivity contribution in [3.05, 3.63) is 182 Å². The van der Waals surface area contributed by atoms with Crippen molar-refractivity contribution in [1.82, 2.24) is 4.57 Å². The van der Waals surface area contributed by atoms with Crippen molar-refractivity contribution in [2.45, 2.75) is 9.79 Å². The van der Waals surface area contributed by atoms with Crippen LogP contribution in [0.3, 0.4) is 0 Å². The Balaban J connectivity index is 1.18. The first-order valence-electron chi connectivity index (χ1n) is 16.7. The molecular weight excluding hydrogens is 613 g/mol. The minimum Gasteiger partial charge on any atom is -0.310 e. The molecule has 0 atom stereocenters. The highest BCUT2D eigenvalue weighted by Crippen LogP contribution is 2.49. The van der Waals surface area contributed by atoms with E-state index in [4.69, 9.17) is 0 Å². The maximum Gasteiger partial charge on any atom is 0.0542 e. The maximum atomic E-state index is 2.40. The van der Waals surface area contributed by atoms with Gasteiger partial charge in [-0.05, 0) is 113 Å². The van der Waals surface area contributed by atoms with Crippen molar-refractivity contribution in [2.75, 3.05) is 4.90 Å². The van der Waals surface area contributed by atoms with Crippen LogP contribution in [0.4, 0.5) is 17.1 Å². The first-order valence-corrected chi connectivity index (χ1v) is 17.5. The molecule has 0 spiro atoms. The van der Waals surface area contributed by atoms with Gasteiger partial charge in [-0.15, -0.1) is 0 Å². The van der Waals surface area contributed by atoms with Gasteiger partial charge in [0.1, 0.15) is 0 Å². The maximum absolute atomic E-state index is 2.40. The van der Waals surface area contributed by atoms with Gasteiger partial charge >= 0.3 is 0 Å². The second kappa shape index (κ2) is 11.3. The summed E-state index contributed by atoms with van der Waals surface area (Å²) in [6.07, 6.45) is 0. The largest absolute Gasteiger partial charge is 0.310 e. The molecule has 0 N–H and O–H groups in total. The summed E-state index contributed by atoms with van der Waals surface area (Å²) in [4.78, 5) is 4.98. The predicted molar refractivity (Wildman–Crippen MR) is 208 cm³/mol. The zero-order chi connectivity index (χ0) is 32.3. The number of benzene rings is 8. The number of para-hydroxylation sites is 3. The lowest BCUT2D eigenvalue weighted by molar-refractivity contribution is 1.18. The number of hydrogen-bond donors (Lipinski definition) is 0. The fraction of sp³-hybridized carbons (Fsp3) is 0. The summed E-state index contributed by atoms with van der Waals surface area (Å²) in [5, 5.41) is 5.11. The van der Waals surface area contributed by atoms with Gasteiger partial charge in [-0.2, -0.15) is 0 Å². The van der Waals surface area contributed by atoms with Crippen molar-refractivity contribution in [2.24, 2.45) is 0 Å². The smallest absolute Gasteiger partial charge is 0.0542 e. The Morgan fingerprint density at radius 3 is 1.76 bits per heavy atom. The highest BCUT2D eigenvalue weighted by Gasteiger charge is 2.21. The molecule has 2 heterocycles. The molecule has 0 fully saturated rings. The molecule has 1 aliphatic rings. The lowest BCUT2D eigenvalue weighted by atomic mass is 9.94. The highest BCUT2D eigenvalue weighted by atomic mass is 32.2. The average Bonchev–Trinajstić information content (AvgIpc) is 3.49. The van der Waals surface area contributed by atoms with Crippen molar-refractivity contribution < 1.29 is 0 Å². The summed E-state index contributed by atoms with van der Waals surface area (Å²) in [7, 11) is 0. The van der Waals surface area contributed by atoms with Gasteiger partial charge in [0, 0.05) is 48.7 Å². The fourth-order valence-corrected chi connectivity index (χ4v) is 8.66. The molecule has 8 aromatic carbocycles. The van der Waals surface area contributed by atoms with E-state index in [1.807, 2.05) is 11.8 Å². The Morgan fingerprint density at radius 1 is 0.408 bits per heavy atom. The van der Waals surface area contributed by atoms with E-state index in [9.17, 15) is 0 Å². The monoisotopic (exact) mass is 642 g/mol. The lowest BCUT2D eigenvalue weighted by Crippen LogP contribution is -2.09. The van der Waals surface area contributed by atoms with E-state index >= 15 is 0 Å². The van der Waals surface area contributed by atoms with Crippen LogP contribution in [-0.4, -0.2) is 4.57 Å². The zero-order valence-corrected chi connectivity index (χ0v) is 27.4. The van der Waals surface area contributed by atoms with Crippen LogP contribution in [0.25, 0.3) is 60.5 Å². The highest BCUT2D eigenvalue weighted by molar-refractivity contribution is 7.99. The lowest BCUT2D eigenvalue weighted by Gasteiger charge is -2.25. The van der Waals surface area contributed by atoms with Crippen LogP contribution in [0.5, 0.6) is 0 Å². The van der Waals surface area contributed by atoms with Gasteiger partial charge in [0.2, 0.25) is 0 Å². The van der Waals surface area contributed by atoms with Crippen LogP contribution in [0.15, 0.2) is 192 Å². The van der Waals surface area contributed by atoms with Crippen LogP contribution >= 0.6 is 11.8 Å². The van der Waals surface area contributed by atoms with Crippen LogP contribution in [-0.2, 0) is 0 Å². The topological polar surface area (TPSA) is 8.17 Å². The second-order valence-electron chi connectivity index (χ2n) is 12.6. The molecule has 10 rings (SSSR count).